The molecule has 1 N–H and O–H groups in total. The second-order valence-corrected chi connectivity index (χ2v) is 23.7. The second-order valence-electron chi connectivity index (χ2n) is 11.7. The monoisotopic (exact) mass is 452 g/mol. The largest absolute Gasteiger partial charge is 0.417 e. The standard InChI is InChI=1S/C20H44O5SSi2/c1-19(2,3)27(8,9)18(21)16-14-17(25-26(7,22)23)15(16)12-13-24-28(10,11)20(4,5)6/h15-18,21H,12-14H2,1-11H3. The smallest absolute Gasteiger partial charge is 0.264 e. The normalized spacial score (nSPS) is 26.1. The van der Waals surface area contributed by atoms with Crippen molar-refractivity contribution in [1.29, 1.82) is 0 Å². The van der Waals surface area contributed by atoms with Crippen LogP contribution in [-0.2, 0) is 18.7 Å². The molecule has 0 spiro atoms. The van der Waals surface area contributed by atoms with Gasteiger partial charge in [0, 0.05) is 12.3 Å². The summed E-state index contributed by atoms with van der Waals surface area (Å²) in [6.45, 7) is 22.7. The van der Waals surface area contributed by atoms with Crippen LogP contribution in [0.15, 0.2) is 0 Å². The van der Waals surface area contributed by atoms with Crippen molar-refractivity contribution in [2.45, 2.75) is 102 Å². The van der Waals surface area contributed by atoms with Gasteiger partial charge in [-0.2, -0.15) is 8.42 Å². The van der Waals surface area contributed by atoms with Crippen molar-refractivity contribution in [2.75, 3.05) is 12.9 Å². The molecular weight excluding hydrogens is 408 g/mol. The van der Waals surface area contributed by atoms with Crippen molar-refractivity contribution in [3.05, 3.63) is 0 Å². The predicted molar refractivity (Wildman–Crippen MR) is 122 cm³/mol. The van der Waals surface area contributed by atoms with E-state index in [1.165, 1.54) is 0 Å². The van der Waals surface area contributed by atoms with Crippen molar-refractivity contribution in [3.63, 3.8) is 0 Å². The maximum Gasteiger partial charge on any atom is 0.264 e. The third kappa shape index (κ3) is 6.14. The highest BCUT2D eigenvalue weighted by Gasteiger charge is 2.54. The number of aliphatic hydroxyl groups is 1. The fraction of sp³-hybridized carbons (Fsp3) is 1.00. The van der Waals surface area contributed by atoms with Gasteiger partial charge in [0.15, 0.2) is 8.32 Å². The van der Waals surface area contributed by atoms with Gasteiger partial charge in [-0.3, -0.25) is 4.18 Å². The molecule has 0 aliphatic heterocycles. The van der Waals surface area contributed by atoms with Crippen molar-refractivity contribution in [2.24, 2.45) is 11.8 Å². The van der Waals surface area contributed by atoms with E-state index < -0.39 is 26.5 Å². The highest BCUT2D eigenvalue weighted by atomic mass is 32.2. The van der Waals surface area contributed by atoms with Gasteiger partial charge in [0.05, 0.1) is 20.4 Å². The van der Waals surface area contributed by atoms with Gasteiger partial charge in [-0.25, -0.2) is 0 Å². The molecule has 5 nitrogen and oxygen atoms in total. The molecule has 0 saturated heterocycles. The zero-order valence-electron chi connectivity index (χ0n) is 19.9. The highest BCUT2D eigenvalue weighted by Crippen LogP contribution is 2.49. The Kier molecular flexibility index (Phi) is 7.91. The van der Waals surface area contributed by atoms with Gasteiger partial charge >= 0.3 is 0 Å². The number of aliphatic hydroxyl groups excluding tert-OH is 1. The van der Waals surface area contributed by atoms with Crippen LogP contribution in [0, 0.1) is 11.8 Å². The molecular formula is C20H44O5SSi2. The predicted octanol–water partition coefficient (Wildman–Crippen LogP) is 4.79. The Bertz CT molecular complexity index is 632. The molecule has 0 aromatic rings. The average molecular weight is 453 g/mol. The van der Waals surface area contributed by atoms with E-state index in [0.717, 1.165) is 12.7 Å². The number of hydrogen-bond donors (Lipinski definition) is 1. The van der Waals surface area contributed by atoms with Gasteiger partial charge in [-0.1, -0.05) is 54.6 Å². The van der Waals surface area contributed by atoms with E-state index in [-0.39, 0.29) is 33.7 Å². The van der Waals surface area contributed by atoms with Gasteiger partial charge < -0.3 is 9.53 Å². The van der Waals surface area contributed by atoms with Crippen LogP contribution in [0.5, 0.6) is 0 Å². The summed E-state index contributed by atoms with van der Waals surface area (Å²) in [5.41, 5.74) is -0.384. The fourth-order valence-electron chi connectivity index (χ4n) is 3.44. The fourth-order valence-corrected chi connectivity index (χ4v) is 7.51. The summed E-state index contributed by atoms with van der Waals surface area (Å²) in [5, 5.41) is 11.4. The third-order valence-corrected chi connectivity index (χ3v) is 18.5. The maximum absolute atomic E-state index is 11.7. The quantitative estimate of drug-likeness (QED) is 0.423. The van der Waals surface area contributed by atoms with Gasteiger partial charge in [-0.15, -0.1) is 0 Å². The Balaban J connectivity index is 2.92. The first-order valence-electron chi connectivity index (χ1n) is 10.4. The van der Waals surface area contributed by atoms with E-state index >= 15 is 0 Å². The molecule has 1 aliphatic carbocycles. The summed E-state index contributed by atoms with van der Waals surface area (Å²) in [5.74, 6) is 0.0966. The minimum atomic E-state index is -3.51. The van der Waals surface area contributed by atoms with Crippen molar-refractivity contribution < 1.29 is 22.1 Å². The van der Waals surface area contributed by atoms with E-state index in [9.17, 15) is 13.5 Å². The molecule has 0 radical (unpaired) electrons. The van der Waals surface area contributed by atoms with E-state index in [1.54, 1.807) is 0 Å². The van der Waals surface area contributed by atoms with Crippen LogP contribution in [-0.4, -0.2) is 54.6 Å². The van der Waals surface area contributed by atoms with Gasteiger partial charge in [-0.05, 0) is 47.8 Å². The highest BCUT2D eigenvalue weighted by molar-refractivity contribution is 7.86. The minimum absolute atomic E-state index is 0.0172. The molecule has 28 heavy (non-hydrogen) atoms. The first kappa shape index (κ1) is 26.3. The van der Waals surface area contributed by atoms with Crippen molar-refractivity contribution in [3.8, 4) is 0 Å². The lowest BCUT2D eigenvalue weighted by atomic mass is 9.69. The first-order valence-corrected chi connectivity index (χ1v) is 18.2. The van der Waals surface area contributed by atoms with E-state index in [2.05, 4.69) is 67.7 Å². The van der Waals surface area contributed by atoms with Crippen molar-refractivity contribution >= 4 is 26.5 Å². The summed E-state index contributed by atoms with van der Waals surface area (Å²) < 4.78 is 35.0. The topological polar surface area (TPSA) is 72.8 Å². The van der Waals surface area contributed by atoms with E-state index in [4.69, 9.17) is 8.61 Å². The number of hydrogen-bond acceptors (Lipinski definition) is 5. The molecule has 1 rings (SSSR count). The van der Waals surface area contributed by atoms with Crippen LogP contribution in [0.2, 0.25) is 36.3 Å². The van der Waals surface area contributed by atoms with Gasteiger partial charge in [0.2, 0.25) is 0 Å². The second kappa shape index (κ2) is 8.42. The molecule has 4 atom stereocenters. The summed E-state index contributed by atoms with van der Waals surface area (Å²) >= 11 is 0. The van der Waals surface area contributed by atoms with Crippen LogP contribution in [0.1, 0.15) is 54.4 Å². The van der Waals surface area contributed by atoms with Crippen LogP contribution >= 0.6 is 0 Å². The summed E-state index contributed by atoms with van der Waals surface area (Å²) in [7, 11) is -7.33. The Morgan fingerprint density at radius 1 is 1.04 bits per heavy atom. The maximum atomic E-state index is 11.7. The molecule has 1 saturated carbocycles. The molecule has 8 heteroatoms. The molecule has 168 valence electrons. The molecule has 0 aromatic heterocycles. The summed E-state index contributed by atoms with van der Waals surface area (Å²) in [6.07, 6.45) is 2.09. The summed E-state index contributed by atoms with van der Waals surface area (Å²) in [4.78, 5) is 0. The molecule has 1 fully saturated rings. The Hall–Kier alpha value is 0.264. The minimum Gasteiger partial charge on any atom is -0.417 e. The lowest BCUT2D eigenvalue weighted by Crippen LogP contribution is -2.60. The molecule has 0 heterocycles. The molecule has 0 aromatic carbocycles. The van der Waals surface area contributed by atoms with Crippen LogP contribution in [0.3, 0.4) is 0 Å². The Morgan fingerprint density at radius 3 is 1.93 bits per heavy atom. The number of rotatable bonds is 8. The van der Waals surface area contributed by atoms with E-state index in [0.29, 0.717) is 13.0 Å². The zero-order valence-corrected chi connectivity index (χ0v) is 22.7. The zero-order chi connectivity index (χ0) is 22.3. The van der Waals surface area contributed by atoms with Crippen LogP contribution < -0.4 is 0 Å². The molecule has 1 aliphatic rings. The lowest BCUT2D eigenvalue weighted by Gasteiger charge is -2.52. The van der Waals surface area contributed by atoms with Crippen molar-refractivity contribution in [1.82, 2.24) is 0 Å². The summed E-state index contributed by atoms with van der Waals surface area (Å²) in [6, 6.07) is 0. The SMILES string of the molecule is CC(C)(C)[Si](C)(C)OCCC1C(OS(C)(=O)=O)CC1C(O)[Si](C)(C)C(C)(C)C. The Morgan fingerprint density at radius 2 is 1.54 bits per heavy atom. The molecule has 0 amide bonds. The first-order chi connectivity index (χ1) is 12.2. The lowest BCUT2D eigenvalue weighted by molar-refractivity contribution is -0.0605. The third-order valence-electron chi connectivity index (χ3n) is 7.63. The molecule has 4 unspecified atom stereocenters. The van der Waals surface area contributed by atoms with E-state index in [1.807, 2.05) is 0 Å². The van der Waals surface area contributed by atoms with Crippen LogP contribution in [0.4, 0.5) is 0 Å². The van der Waals surface area contributed by atoms with Gasteiger partial charge in [0.25, 0.3) is 10.1 Å². The molecule has 0 bridgehead atoms. The Labute approximate surface area is 175 Å². The van der Waals surface area contributed by atoms with Gasteiger partial charge in [0.1, 0.15) is 0 Å². The average Bonchev–Trinajstić information content (AvgIpc) is 2.43. The van der Waals surface area contributed by atoms with Crippen LogP contribution in [0.25, 0.3) is 0 Å².